The average Bonchev–Trinajstić information content (AvgIpc) is 3.24. The summed E-state index contributed by atoms with van der Waals surface area (Å²) in [6.07, 6.45) is -0.229. The van der Waals surface area contributed by atoms with Crippen molar-refractivity contribution < 1.29 is 36.1 Å². The summed E-state index contributed by atoms with van der Waals surface area (Å²) >= 11 is 0. The summed E-state index contributed by atoms with van der Waals surface area (Å²) in [6, 6.07) is 2.70. The molecule has 1 heterocycles. The van der Waals surface area contributed by atoms with Crippen molar-refractivity contribution in [2.75, 3.05) is 0 Å². The summed E-state index contributed by atoms with van der Waals surface area (Å²) in [7, 11) is -4.57. The van der Waals surface area contributed by atoms with Crippen molar-refractivity contribution in [3.63, 3.8) is 0 Å². The first-order valence-corrected chi connectivity index (χ1v) is 8.97. The van der Waals surface area contributed by atoms with Gasteiger partial charge in [-0.2, -0.15) is 21.6 Å². The molecule has 138 valence electrons. The molecular weight excluding hydrogens is 375 g/mol. The number of hydrogen-bond donors (Lipinski definition) is 2. The highest BCUT2D eigenvalue weighted by atomic mass is 32.2. The van der Waals surface area contributed by atoms with Crippen LogP contribution in [0.1, 0.15) is 34.9 Å². The van der Waals surface area contributed by atoms with E-state index in [0.29, 0.717) is 34.4 Å². The van der Waals surface area contributed by atoms with Crippen LogP contribution in [0.3, 0.4) is 0 Å². The summed E-state index contributed by atoms with van der Waals surface area (Å²) in [6.45, 7) is 0. The van der Waals surface area contributed by atoms with Crippen LogP contribution in [0.5, 0.6) is 11.8 Å². The van der Waals surface area contributed by atoms with E-state index in [2.05, 4.69) is 0 Å². The first-order chi connectivity index (χ1) is 12.1. The van der Waals surface area contributed by atoms with Gasteiger partial charge in [-0.05, 0) is 30.7 Å². The lowest BCUT2D eigenvalue weighted by Crippen LogP contribution is -2.20. The van der Waals surface area contributed by atoms with Gasteiger partial charge in [-0.1, -0.05) is 16.9 Å². The molecule has 26 heavy (non-hydrogen) atoms. The molecule has 2 aliphatic carbocycles. The maximum Gasteiger partial charge on any atom is 0.416 e. The van der Waals surface area contributed by atoms with E-state index in [4.69, 9.17) is 4.28 Å². The molecule has 2 unspecified atom stereocenters. The highest BCUT2D eigenvalue weighted by molar-refractivity contribution is 7.87. The van der Waals surface area contributed by atoms with Gasteiger partial charge < -0.3 is 10.2 Å². The lowest BCUT2D eigenvalue weighted by Gasteiger charge is -2.11. The van der Waals surface area contributed by atoms with Crippen LogP contribution in [-0.4, -0.2) is 23.4 Å². The fourth-order valence-corrected chi connectivity index (χ4v) is 4.33. The molecule has 0 spiro atoms. The number of aromatic nitrogens is 1. The highest BCUT2D eigenvalue weighted by Crippen LogP contribution is 2.56. The number of hydrogen-bond acceptors (Lipinski definition) is 5. The van der Waals surface area contributed by atoms with E-state index < -0.39 is 38.5 Å². The van der Waals surface area contributed by atoms with Crippen LogP contribution >= 0.6 is 0 Å². The summed E-state index contributed by atoms with van der Waals surface area (Å²) in [5.41, 5.74) is -0.208. The quantitative estimate of drug-likeness (QED) is 0.791. The van der Waals surface area contributed by atoms with Crippen molar-refractivity contribution in [2.24, 2.45) is 0 Å². The number of benzene rings is 1. The van der Waals surface area contributed by atoms with E-state index in [1.54, 1.807) is 0 Å². The van der Waals surface area contributed by atoms with Crippen molar-refractivity contribution in [2.45, 2.75) is 29.3 Å². The molecular formula is C16H12F3NO5S. The molecule has 1 aromatic heterocycles. The number of allylic oxidation sites excluding steroid dienone is 2. The van der Waals surface area contributed by atoms with Crippen molar-refractivity contribution in [1.82, 2.24) is 4.73 Å². The molecule has 2 aliphatic rings. The Morgan fingerprint density at radius 1 is 1.00 bits per heavy atom. The van der Waals surface area contributed by atoms with Crippen LogP contribution in [0.15, 0.2) is 41.3 Å². The van der Waals surface area contributed by atoms with Crippen LogP contribution in [0.4, 0.5) is 13.2 Å². The molecule has 0 amide bonds. The molecule has 2 atom stereocenters. The van der Waals surface area contributed by atoms with E-state index in [0.717, 1.165) is 12.1 Å². The molecule has 2 aromatic rings. The molecule has 0 saturated carbocycles. The molecule has 2 N–H and O–H groups in total. The summed E-state index contributed by atoms with van der Waals surface area (Å²) in [5.74, 6) is -1.35. The van der Waals surface area contributed by atoms with Gasteiger partial charge in [0.05, 0.1) is 5.56 Å². The second-order valence-electron chi connectivity index (χ2n) is 6.15. The molecule has 2 bridgehead atoms. The third-order valence-electron chi connectivity index (χ3n) is 4.62. The fraction of sp³-hybridized carbons (Fsp3) is 0.250. The van der Waals surface area contributed by atoms with Crippen molar-refractivity contribution in [1.29, 1.82) is 0 Å². The molecule has 0 radical (unpaired) electrons. The Kier molecular flexibility index (Phi) is 3.36. The number of nitrogens with zero attached hydrogens (tertiary/aromatic N) is 1. The lowest BCUT2D eigenvalue weighted by atomic mass is 10.0. The van der Waals surface area contributed by atoms with Gasteiger partial charge >= 0.3 is 16.3 Å². The second-order valence-corrected chi connectivity index (χ2v) is 7.68. The van der Waals surface area contributed by atoms with Crippen molar-refractivity contribution >= 4 is 10.1 Å². The van der Waals surface area contributed by atoms with E-state index in [1.165, 1.54) is 0 Å². The maximum atomic E-state index is 12.6. The van der Waals surface area contributed by atoms with Crippen LogP contribution in [0.25, 0.3) is 0 Å². The Morgan fingerprint density at radius 2 is 1.50 bits per heavy atom. The zero-order valence-corrected chi connectivity index (χ0v) is 13.8. The fourth-order valence-electron chi connectivity index (χ4n) is 3.44. The Bertz CT molecular complexity index is 986. The third-order valence-corrected chi connectivity index (χ3v) is 5.82. The number of rotatable bonds is 3. The molecule has 1 aromatic carbocycles. The highest BCUT2D eigenvalue weighted by Gasteiger charge is 2.42. The average molecular weight is 387 g/mol. The first kappa shape index (κ1) is 16.8. The van der Waals surface area contributed by atoms with Crippen LogP contribution < -0.4 is 4.28 Å². The normalized spacial score (nSPS) is 21.2. The monoisotopic (exact) mass is 387 g/mol. The Balaban J connectivity index is 1.68. The Hall–Kier alpha value is -2.62. The molecule has 6 nitrogen and oxygen atoms in total. The van der Waals surface area contributed by atoms with Gasteiger partial charge in [-0.3, -0.25) is 4.28 Å². The van der Waals surface area contributed by atoms with Gasteiger partial charge in [-0.25, -0.2) is 0 Å². The Morgan fingerprint density at radius 3 is 1.96 bits per heavy atom. The van der Waals surface area contributed by atoms with Gasteiger partial charge in [0.2, 0.25) is 11.8 Å². The predicted octanol–water partition coefficient (Wildman–Crippen LogP) is 2.88. The predicted molar refractivity (Wildman–Crippen MR) is 82.2 cm³/mol. The molecule has 4 rings (SSSR count). The SMILES string of the molecule is O=S(=O)(On1c(O)c2c(c1O)C1C=CC2C1)c1ccc(C(F)(F)F)cc1. The number of aromatic hydroxyl groups is 2. The van der Waals surface area contributed by atoms with E-state index in [1.807, 2.05) is 12.2 Å². The minimum Gasteiger partial charge on any atom is -0.492 e. The van der Waals surface area contributed by atoms with E-state index in [9.17, 15) is 31.8 Å². The number of alkyl halides is 3. The van der Waals surface area contributed by atoms with Gasteiger partial charge in [0, 0.05) is 23.0 Å². The molecule has 0 fully saturated rings. The summed E-state index contributed by atoms with van der Waals surface area (Å²) in [5, 5.41) is 20.5. The topological polar surface area (TPSA) is 88.8 Å². The van der Waals surface area contributed by atoms with E-state index in [-0.39, 0.29) is 11.8 Å². The van der Waals surface area contributed by atoms with Crippen LogP contribution in [-0.2, 0) is 16.3 Å². The largest absolute Gasteiger partial charge is 0.492 e. The smallest absolute Gasteiger partial charge is 0.416 e. The van der Waals surface area contributed by atoms with Gasteiger partial charge in [0.1, 0.15) is 4.90 Å². The maximum absolute atomic E-state index is 12.6. The van der Waals surface area contributed by atoms with Gasteiger partial charge in [0.15, 0.2) is 0 Å². The van der Waals surface area contributed by atoms with Gasteiger partial charge in [-0.15, -0.1) is 0 Å². The number of halogens is 3. The zero-order valence-electron chi connectivity index (χ0n) is 12.9. The van der Waals surface area contributed by atoms with Crippen LogP contribution in [0, 0.1) is 0 Å². The molecule has 0 aliphatic heterocycles. The number of fused-ring (bicyclic) bond motifs is 5. The summed E-state index contributed by atoms with van der Waals surface area (Å²) in [4.78, 5) is -0.542. The summed E-state index contributed by atoms with van der Waals surface area (Å²) < 4.78 is 67.5. The van der Waals surface area contributed by atoms with Gasteiger partial charge in [0.25, 0.3) is 0 Å². The van der Waals surface area contributed by atoms with E-state index >= 15 is 0 Å². The minimum absolute atomic E-state index is 0.139. The minimum atomic E-state index is -4.60. The molecule has 10 heteroatoms. The lowest BCUT2D eigenvalue weighted by molar-refractivity contribution is -0.137. The Labute approximate surface area is 145 Å². The third kappa shape index (κ3) is 2.36. The van der Waals surface area contributed by atoms with Crippen LogP contribution in [0.2, 0.25) is 0 Å². The standard InChI is InChI=1S/C16H12F3NO5S/c17-16(18,19)10-3-5-11(6-4-10)26(23,24)25-20-14(21)12-8-1-2-9(7-8)13(12)15(20)22/h1-6,8-9,21-22H,7H2. The zero-order chi connectivity index (χ0) is 18.9. The second kappa shape index (κ2) is 5.19. The first-order valence-electron chi connectivity index (χ1n) is 7.56. The van der Waals surface area contributed by atoms with Crippen molar-refractivity contribution in [3.8, 4) is 11.8 Å². The molecule has 0 saturated heterocycles. The van der Waals surface area contributed by atoms with Crippen molar-refractivity contribution in [3.05, 3.63) is 53.1 Å².